The number of benzene rings is 1. The van der Waals surface area contributed by atoms with Gasteiger partial charge in [-0.3, -0.25) is 4.79 Å². The lowest BCUT2D eigenvalue weighted by Gasteiger charge is -2.09. The largest absolute Gasteiger partial charge is 0.465 e. The molecule has 0 spiro atoms. The minimum Gasteiger partial charge on any atom is -0.465 e. The third-order valence-corrected chi connectivity index (χ3v) is 3.25. The first-order valence-electron chi connectivity index (χ1n) is 7.69. The van der Waals surface area contributed by atoms with Gasteiger partial charge in [0.1, 0.15) is 5.82 Å². The normalized spacial score (nSPS) is 10.3. The Hall–Kier alpha value is -2.89. The highest BCUT2D eigenvalue weighted by Gasteiger charge is 2.08. The average molecular weight is 327 g/mol. The van der Waals surface area contributed by atoms with Gasteiger partial charge in [-0.2, -0.15) is 0 Å². The number of carbonyl (C=O) groups is 2. The fraction of sp³-hybridized carbons (Fsp3) is 0.278. The van der Waals surface area contributed by atoms with E-state index in [4.69, 9.17) is 4.74 Å². The van der Waals surface area contributed by atoms with Gasteiger partial charge in [-0.1, -0.05) is 19.9 Å². The van der Waals surface area contributed by atoms with E-state index in [0.717, 1.165) is 0 Å². The zero-order valence-electron chi connectivity index (χ0n) is 14.0. The van der Waals surface area contributed by atoms with Crippen molar-refractivity contribution in [1.29, 1.82) is 0 Å². The molecular weight excluding hydrogens is 306 g/mol. The summed E-state index contributed by atoms with van der Waals surface area (Å²) in [6.45, 7) is 4.70. The molecule has 2 rings (SSSR count). The van der Waals surface area contributed by atoms with Gasteiger partial charge in [0, 0.05) is 18.4 Å². The highest BCUT2D eigenvalue weighted by Crippen LogP contribution is 2.17. The van der Waals surface area contributed by atoms with Gasteiger partial charge in [-0.05, 0) is 36.2 Å². The lowest BCUT2D eigenvalue weighted by atomic mass is 10.2. The summed E-state index contributed by atoms with van der Waals surface area (Å²) in [7, 11) is 1.34. The van der Waals surface area contributed by atoms with Crippen LogP contribution in [0.25, 0.3) is 0 Å². The molecule has 126 valence electrons. The molecule has 1 amide bonds. The van der Waals surface area contributed by atoms with Gasteiger partial charge in [0.05, 0.1) is 18.2 Å². The number of hydrogen-bond acceptors (Lipinski definition) is 5. The first-order valence-corrected chi connectivity index (χ1v) is 7.69. The molecule has 1 aromatic heterocycles. The molecule has 0 atom stereocenters. The predicted molar refractivity (Wildman–Crippen MR) is 92.5 cm³/mol. The summed E-state index contributed by atoms with van der Waals surface area (Å²) in [5.74, 6) is 0.432. The Balaban J connectivity index is 2.04. The SMILES string of the molecule is COC(=O)c1cccc(Nc2ccc(C(=O)NCC(C)C)cn2)c1. The van der Waals surface area contributed by atoms with E-state index in [0.29, 0.717) is 35.1 Å². The Kier molecular flexibility index (Phi) is 5.89. The van der Waals surface area contributed by atoms with E-state index >= 15 is 0 Å². The molecule has 0 saturated carbocycles. The van der Waals surface area contributed by atoms with E-state index in [-0.39, 0.29) is 5.91 Å². The van der Waals surface area contributed by atoms with Crippen molar-refractivity contribution in [2.45, 2.75) is 13.8 Å². The number of anilines is 2. The van der Waals surface area contributed by atoms with Crippen LogP contribution in [0.2, 0.25) is 0 Å². The van der Waals surface area contributed by atoms with Crippen LogP contribution in [0.15, 0.2) is 42.6 Å². The van der Waals surface area contributed by atoms with E-state index in [1.54, 1.807) is 30.3 Å². The summed E-state index contributed by atoms with van der Waals surface area (Å²) in [6, 6.07) is 10.3. The standard InChI is InChI=1S/C18H21N3O3/c1-12(2)10-20-17(22)14-7-8-16(19-11-14)21-15-6-4-5-13(9-15)18(23)24-3/h4-9,11-12H,10H2,1-3H3,(H,19,21)(H,20,22). The minimum atomic E-state index is -0.399. The molecule has 2 aromatic rings. The molecule has 0 aliphatic rings. The molecule has 6 heteroatoms. The van der Waals surface area contributed by atoms with Crippen molar-refractivity contribution in [3.8, 4) is 0 Å². The number of pyridine rings is 1. The van der Waals surface area contributed by atoms with Gasteiger partial charge < -0.3 is 15.4 Å². The van der Waals surface area contributed by atoms with Gasteiger partial charge in [-0.25, -0.2) is 9.78 Å². The number of esters is 1. The number of nitrogens with one attached hydrogen (secondary N) is 2. The molecule has 6 nitrogen and oxygen atoms in total. The van der Waals surface area contributed by atoms with Crippen LogP contribution < -0.4 is 10.6 Å². The number of nitrogens with zero attached hydrogens (tertiary/aromatic N) is 1. The Morgan fingerprint density at radius 1 is 1.17 bits per heavy atom. The predicted octanol–water partition coefficient (Wildman–Crippen LogP) is 3.00. The van der Waals surface area contributed by atoms with Crippen LogP contribution in [0.5, 0.6) is 0 Å². The van der Waals surface area contributed by atoms with E-state index in [9.17, 15) is 9.59 Å². The van der Waals surface area contributed by atoms with Crippen LogP contribution in [0.4, 0.5) is 11.5 Å². The summed E-state index contributed by atoms with van der Waals surface area (Å²) in [4.78, 5) is 27.7. The monoisotopic (exact) mass is 327 g/mol. The number of hydrogen-bond donors (Lipinski definition) is 2. The molecule has 0 aliphatic carbocycles. The van der Waals surface area contributed by atoms with Crippen molar-refractivity contribution in [3.05, 3.63) is 53.7 Å². The Bertz CT molecular complexity index is 712. The first kappa shape index (κ1) is 17.5. The molecule has 0 saturated heterocycles. The number of carbonyl (C=O) groups excluding carboxylic acids is 2. The molecule has 0 fully saturated rings. The highest BCUT2D eigenvalue weighted by atomic mass is 16.5. The van der Waals surface area contributed by atoms with Gasteiger partial charge >= 0.3 is 5.97 Å². The third-order valence-electron chi connectivity index (χ3n) is 3.25. The smallest absolute Gasteiger partial charge is 0.337 e. The van der Waals surface area contributed by atoms with E-state index in [1.165, 1.54) is 13.3 Å². The van der Waals surface area contributed by atoms with Crippen molar-refractivity contribution >= 4 is 23.4 Å². The van der Waals surface area contributed by atoms with Gasteiger partial charge in [0.15, 0.2) is 0 Å². The Morgan fingerprint density at radius 2 is 1.96 bits per heavy atom. The van der Waals surface area contributed by atoms with Crippen LogP contribution >= 0.6 is 0 Å². The topological polar surface area (TPSA) is 80.3 Å². The summed E-state index contributed by atoms with van der Waals surface area (Å²) in [5.41, 5.74) is 1.67. The minimum absolute atomic E-state index is 0.143. The summed E-state index contributed by atoms with van der Waals surface area (Å²) >= 11 is 0. The number of amides is 1. The van der Waals surface area contributed by atoms with Gasteiger partial charge in [0.2, 0.25) is 0 Å². The zero-order chi connectivity index (χ0) is 17.5. The molecule has 1 heterocycles. The van der Waals surface area contributed by atoms with Crippen LogP contribution in [0.1, 0.15) is 34.6 Å². The van der Waals surface area contributed by atoms with Crippen molar-refractivity contribution < 1.29 is 14.3 Å². The average Bonchev–Trinajstić information content (AvgIpc) is 2.59. The van der Waals surface area contributed by atoms with E-state index in [1.807, 2.05) is 19.9 Å². The highest BCUT2D eigenvalue weighted by molar-refractivity contribution is 5.94. The summed E-state index contributed by atoms with van der Waals surface area (Å²) in [5, 5.41) is 5.93. The quantitative estimate of drug-likeness (QED) is 0.797. The second-order valence-corrected chi connectivity index (χ2v) is 5.73. The van der Waals surface area contributed by atoms with E-state index < -0.39 is 5.97 Å². The van der Waals surface area contributed by atoms with Crippen LogP contribution in [-0.4, -0.2) is 30.5 Å². The van der Waals surface area contributed by atoms with E-state index in [2.05, 4.69) is 15.6 Å². The van der Waals surface area contributed by atoms with Crippen LogP contribution in [0, 0.1) is 5.92 Å². The van der Waals surface area contributed by atoms with Gasteiger partial charge in [0.25, 0.3) is 5.91 Å². The van der Waals surface area contributed by atoms with Crippen molar-refractivity contribution in [2.24, 2.45) is 5.92 Å². The maximum atomic E-state index is 11.9. The number of ether oxygens (including phenoxy) is 1. The molecule has 0 aliphatic heterocycles. The first-order chi connectivity index (χ1) is 11.5. The fourth-order valence-electron chi connectivity index (χ4n) is 1.99. The van der Waals surface area contributed by atoms with Crippen molar-refractivity contribution in [2.75, 3.05) is 19.0 Å². The lowest BCUT2D eigenvalue weighted by molar-refractivity contribution is 0.0600. The second kappa shape index (κ2) is 8.10. The molecule has 2 N–H and O–H groups in total. The van der Waals surface area contributed by atoms with Crippen molar-refractivity contribution in [3.63, 3.8) is 0 Å². The third kappa shape index (κ3) is 4.81. The Labute approximate surface area is 141 Å². The van der Waals surface area contributed by atoms with Crippen molar-refractivity contribution in [1.82, 2.24) is 10.3 Å². The van der Waals surface area contributed by atoms with Crippen LogP contribution in [0.3, 0.4) is 0 Å². The number of rotatable bonds is 6. The molecule has 0 unspecified atom stereocenters. The Morgan fingerprint density at radius 3 is 2.58 bits per heavy atom. The number of aromatic nitrogens is 1. The zero-order valence-corrected chi connectivity index (χ0v) is 14.0. The maximum Gasteiger partial charge on any atom is 0.337 e. The van der Waals surface area contributed by atoms with Gasteiger partial charge in [-0.15, -0.1) is 0 Å². The number of methoxy groups -OCH3 is 1. The molecule has 0 bridgehead atoms. The second-order valence-electron chi connectivity index (χ2n) is 5.73. The molecule has 0 radical (unpaired) electrons. The fourth-order valence-corrected chi connectivity index (χ4v) is 1.99. The maximum absolute atomic E-state index is 11.9. The molecular formula is C18H21N3O3. The van der Waals surface area contributed by atoms with Crippen LogP contribution in [-0.2, 0) is 4.74 Å². The summed E-state index contributed by atoms with van der Waals surface area (Å²) < 4.78 is 4.70. The lowest BCUT2D eigenvalue weighted by Crippen LogP contribution is -2.27. The summed E-state index contributed by atoms with van der Waals surface area (Å²) in [6.07, 6.45) is 1.52. The molecule has 1 aromatic carbocycles. The molecule has 24 heavy (non-hydrogen) atoms.